The van der Waals surface area contributed by atoms with E-state index in [4.69, 9.17) is 9.98 Å². The minimum atomic E-state index is -0.427. The van der Waals surface area contributed by atoms with Gasteiger partial charge in [0.1, 0.15) is 10.9 Å². The normalized spacial score (nSPS) is 18.0. The van der Waals surface area contributed by atoms with Crippen LogP contribution in [0.4, 0.5) is 10.1 Å². The number of anilines is 1. The molecule has 0 radical (unpaired) electrons. The maximum absolute atomic E-state index is 13.1. The Morgan fingerprint density at radius 3 is 2.45 bits per heavy atom. The maximum Gasteiger partial charge on any atom is 0.234 e. The molecule has 4 rings (SSSR count). The summed E-state index contributed by atoms with van der Waals surface area (Å²) in [6, 6.07) is 13.8. The quantitative estimate of drug-likeness (QED) is 0.627. The highest BCUT2D eigenvalue weighted by Crippen LogP contribution is 2.35. The van der Waals surface area contributed by atoms with Gasteiger partial charge in [-0.05, 0) is 42.9 Å². The molecule has 1 spiro atoms. The van der Waals surface area contributed by atoms with Gasteiger partial charge in [-0.3, -0.25) is 9.79 Å². The molecule has 0 atom stereocenters. The van der Waals surface area contributed by atoms with Crippen molar-refractivity contribution in [3.8, 4) is 0 Å². The highest BCUT2D eigenvalue weighted by molar-refractivity contribution is 9.10. The molecule has 2 aliphatic heterocycles. The third-order valence-corrected chi connectivity index (χ3v) is 7.02. The van der Waals surface area contributed by atoms with Crippen molar-refractivity contribution < 1.29 is 9.18 Å². The topological polar surface area (TPSA) is 57.1 Å². The highest BCUT2D eigenvalue weighted by Gasteiger charge is 2.39. The predicted octanol–water partition coefficient (Wildman–Crippen LogP) is 4.97. The van der Waals surface area contributed by atoms with Crippen LogP contribution in [-0.4, -0.2) is 52.6 Å². The first-order chi connectivity index (χ1) is 15.0. The monoisotopic (exact) mass is 502 g/mol. The van der Waals surface area contributed by atoms with Crippen LogP contribution in [0.3, 0.4) is 0 Å². The van der Waals surface area contributed by atoms with E-state index in [2.05, 4.69) is 33.1 Å². The number of halogens is 2. The number of hydrogen-bond acceptors (Lipinski definition) is 5. The average Bonchev–Trinajstić information content (AvgIpc) is 3.13. The van der Waals surface area contributed by atoms with E-state index in [-0.39, 0.29) is 17.5 Å². The lowest BCUT2D eigenvalue weighted by Gasteiger charge is -2.34. The van der Waals surface area contributed by atoms with Crippen LogP contribution in [-0.2, 0) is 4.79 Å². The van der Waals surface area contributed by atoms with E-state index < -0.39 is 5.66 Å². The molecule has 2 aliphatic rings. The van der Waals surface area contributed by atoms with E-state index in [1.807, 2.05) is 24.3 Å². The van der Waals surface area contributed by atoms with Crippen LogP contribution in [0.2, 0.25) is 0 Å². The van der Waals surface area contributed by atoms with E-state index in [0.29, 0.717) is 5.69 Å². The van der Waals surface area contributed by atoms with E-state index in [1.165, 1.54) is 23.9 Å². The number of hydrogen-bond donors (Lipinski definition) is 1. The molecule has 0 saturated carbocycles. The van der Waals surface area contributed by atoms with Gasteiger partial charge < -0.3 is 10.2 Å². The number of nitrogens with one attached hydrogen (secondary N) is 1. The summed E-state index contributed by atoms with van der Waals surface area (Å²) in [6.45, 7) is 5.15. The van der Waals surface area contributed by atoms with E-state index in [9.17, 15) is 9.18 Å². The Kier molecular flexibility index (Phi) is 6.89. The summed E-state index contributed by atoms with van der Waals surface area (Å²) in [5, 5.41) is 3.61. The van der Waals surface area contributed by atoms with Crippen molar-refractivity contribution in [2.75, 3.05) is 30.7 Å². The van der Waals surface area contributed by atoms with Gasteiger partial charge in [0.15, 0.2) is 5.66 Å². The number of rotatable bonds is 5. The molecule has 2 heterocycles. The lowest BCUT2D eigenvalue weighted by molar-refractivity contribution is -0.113. The van der Waals surface area contributed by atoms with E-state index in [1.54, 1.807) is 12.1 Å². The molecule has 1 N–H and O–H groups in total. The molecule has 0 aliphatic carbocycles. The Labute approximate surface area is 194 Å². The zero-order valence-corrected chi connectivity index (χ0v) is 19.7. The van der Waals surface area contributed by atoms with Crippen molar-refractivity contribution in [3.05, 3.63) is 64.4 Å². The van der Waals surface area contributed by atoms with Crippen molar-refractivity contribution >= 4 is 50.0 Å². The van der Waals surface area contributed by atoms with Gasteiger partial charge in [0, 0.05) is 41.7 Å². The molecule has 0 aromatic heterocycles. The van der Waals surface area contributed by atoms with Crippen LogP contribution in [0.25, 0.3) is 0 Å². The molecule has 2 aromatic carbocycles. The van der Waals surface area contributed by atoms with Crippen molar-refractivity contribution in [1.29, 1.82) is 0 Å². The number of thioether (sulfide) groups is 1. The van der Waals surface area contributed by atoms with Gasteiger partial charge in [0.2, 0.25) is 5.91 Å². The van der Waals surface area contributed by atoms with E-state index in [0.717, 1.165) is 53.3 Å². The van der Waals surface area contributed by atoms with Gasteiger partial charge in [-0.1, -0.05) is 46.7 Å². The minimum absolute atomic E-state index is 0.156. The number of aliphatic imine (C=N–C) groups is 2. The summed E-state index contributed by atoms with van der Waals surface area (Å²) >= 11 is 4.89. The first-order valence-electron chi connectivity index (χ1n) is 10.3. The van der Waals surface area contributed by atoms with E-state index >= 15 is 0 Å². The fourth-order valence-electron chi connectivity index (χ4n) is 3.73. The Morgan fingerprint density at radius 1 is 1.13 bits per heavy atom. The van der Waals surface area contributed by atoms with Gasteiger partial charge >= 0.3 is 0 Å². The molecule has 2 aromatic rings. The van der Waals surface area contributed by atoms with Gasteiger partial charge in [-0.2, -0.15) is 0 Å². The number of benzene rings is 2. The summed E-state index contributed by atoms with van der Waals surface area (Å²) in [4.78, 5) is 25.0. The lowest BCUT2D eigenvalue weighted by atomic mass is 9.98. The molecule has 1 amide bonds. The number of carbonyl (C=O) groups is 1. The number of amides is 1. The van der Waals surface area contributed by atoms with Crippen LogP contribution in [0.1, 0.15) is 25.3 Å². The molecule has 31 heavy (non-hydrogen) atoms. The summed E-state index contributed by atoms with van der Waals surface area (Å²) in [6.07, 6.45) is 1.76. The molecule has 5 nitrogen and oxygen atoms in total. The summed E-state index contributed by atoms with van der Waals surface area (Å²) in [5.74, 6) is -0.276. The first kappa shape index (κ1) is 22.2. The first-order valence-corrected chi connectivity index (χ1v) is 12.1. The molecule has 0 unspecified atom stereocenters. The molecular weight excluding hydrogens is 479 g/mol. The Hall–Kier alpha value is -2.03. The van der Waals surface area contributed by atoms with Gasteiger partial charge in [0.05, 0.1) is 11.5 Å². The maximum atomic E-state index is 13.1. The number of carbonyl (C=O) groups excluding carboxylic acids is 1. The third-order valence-electron chi connectivity index (χ3n) is 5.52. The van der Waals surface area contributed by atoms with Crippen LogP contribution in [0, 0.1) is 5.82 Å². The molecule has 1 fully saturated rings. The second-order valence-corrected chi connectivity index (χ2v) is 9.52. The minimum Gasteiger partial charge on any atom is -0.325 e. The van der Waals surface area contributed by atoms with Crippen molar-refractivity contribution in [3.63, 3.8) is 0 Å². The van der Waals surface area contributed by atoms with Crippen LogP contribution >= 0.6 is 27.7 Å². The Bertz CT molecular complexity index is 999. The number of piperidine rings is 1. The largest absolute Gasteiger partial charge is 0.325 e. The zero-order chi connectivity index (χ0) is 21.8. The molecule has 1 saturated heterocycles. The second-order valence-electron chi connectivity index (χ2n) is 7.64. The van der Waals surface area contributed by atoms with Crippen molar-refractivity contribution in [2.24, 2.45) is 9.98 Å². The van der Waals surface area contributed by atoms with Crippen molar-refractivity contribution in [1.82, 2.24) is 4.90 Å². The van der Waals surface area contributed by atoms with Gasteiger partial charge in [-0.25, -0.2) is 9.38 Å². The van der Waals surface area contributed by atoms with Gasteiger partial charge in [-0.15, -0.1) is 0 Å². The summed E-state index contributed by atoms with van der Waals surface area (Å²) in [5.41, 5.74) is 2.01. The van der Waals surface area contributed by atoms with Crippen LogP contribution in [0.5, 0.6) is 0 Å². The highest BCUT2D eigenvalue weighted by atomic mass is 79.9. The third kappa shape index (κ3) is 5.42. The Morgan fingerprint density at radius 2 is 1.81 bits per heavy atom. The molecule has 8 heteroatoms. The summed E-state index contributed by atoms with van der Waals surface area (Å²) in [7, 11) is 0. The molecule has 0 bridgehead atoms. The Balaban J connectivity index is 1.49. The molecular formula is C23H24BrFN4OS. The number of nitrogens with zero attached hydrogens (tertiary/aromatic N) is 3. The fourth-order valence-corrected chi connectivity index (χ4v) is 4.87. The standard InChI is InChI=1S/C23H24BrFN4OS/c1-2-29-13-11-23(12-14-29)27-21(16-3-5-17(24)6-4-16)22(28-23)31-15-20(30)26-19-9-7-18(25)8-10-19/h3-10H,2,11-15H2,1H3,(H,26,30). The average molecular weight is 503 g/mol. The van der Waals surface area contributed by atoms with Gasteiger partial charge in [0.25, 0.3) is 0 Å². The fraction of sp³-hybridized carbons (Fsp3) is 0.348. The van der Waals surface area contributed by atoms with Crippen molar-refractivity contribution in [2.45, 2.75) is 25.4 Å². The predicted molar refractivity (Wildman–Crippen MR) is 130 cm³/mol. The molecule has 162 valence electrons. The lowest BCUT2D eigenvalue weighted by Crippen LogP contribution is -2.41. The smallest absolute Gasteiger partial charge is 0.234 e. The second kappa shape index (κ2) is 9.63. The zero-order valence-electron chi connectivity index (χ0n) is 17.3. The van der Waals surface area contributed by atoms with Crippen LogP contribution in [0.15, 0.2) is 63.0 Å². The number of likely N-dealkylation sites (tertiary alicyclic amines) is 1. The summed E-state index contributed by atoms with van der Waals surface area (Å²) < 4.78 is 14.1. The van der Waals surface area contributed by atoms with Crippen LogP contribution < -0.4 is 5.32 Å². The SMILES string of the molecule is CCN1CCC2(CC1)N=C(SCC(=O)Nc1ccc(F)cc1)C(c1ccc(Br)cc1)=N2.